The van der Waals surface area contributed by atoms with Crippen LogP contribution in [0.2, 0.25) is 0 Å². The summed E-state index contributed by atoms with van der Waals surface area (Å²) in [6, 6.07) is 18.4. The van der Waals surface area contributed by atoms with Crippen molar-refractivity contribution in [3.63, 3.8) is 0 Å². The number of fused-ring (bicyclic) bond motifs is 1. The van der Waals surface area contributed by atoms with Crippen LogP contribution in [0.15, 0.2) is 67.0 Å². The van der Waals surface area contributed by atoms with Crippen LogP contribution >= 0.6 is 0 Å². The molecule has 0 saturated carbocycles. The minimum atomic E-state index is 0.294. The normalized spacial score (nSPS) is 12.2. The molecule has 2 heterocycles. The molecule has 0 amide bonds. The molecular formula is C19H16N2O2. The van der Waals surface area contributed by atoms with Gasteiger partial charge in [0.25, 0.3) is 0 Å². The van der Waals surface area contributed by atoms with E-state index in [-0.39, 0.29) is 0 Å². The predicted octanol–water partition coefficient (Wildman–Crippen LogP) is 4.14. The molecular weight excluding hydrogens is 288 g/mol. The predicted molar refractivity (Wildman–Crippen MR) is 89.3 cm³/mol. The molecule has 23 heavy (non-hydrogen) atoms. The van der Waals surface area contributed by atoms with Crippen LogP contribution in [0.25, 0.3) is 0 Å². The number of benzene rings is 2. The fourth-order valence-corrected chi connectivity index (χ4v) is 2.58. The monoisotopic (exact) mass is 304 g/mol. The van der Waals surface area contributed by atoms with E-state index in [1.54, 1.807) is 0 Å². The van der Waals surface area contributed by atoms with Crippen molar-refractivity contribution in [2.45, 2.75) is 6.42 Å². The van der Waals surface area contributed by atoms with Crippen LogP contribution in [0, 0.1) is 0 Å². The highest BCUT2D eigenvalue weighted by atomic mass is 16.7. The van der Waals surface area contributed by atoms with Gasteiger partial charge >= 0.3 is 0 Å². The molecule has 0 radical (unpaired) electrons. The molecule has 1 N–H and O–H groups in total. The van der Waals surface area contributed by atoms with Gasteiger partial charge in [0.2, 0.25) is 6.79 Å². The Morgan fingerprint density at radius 3 is 2.30 bits per heavy atom. The lowest BCUT2D eigenvalue weighted by Crippen LogP contribution is -1.93. The summed E-state index contributed by atoms with van der Waals surface area (Å²) in [5, 5.41) is 3.38. The van der Waals surface area contributed by atoms with Crippen molar-refractivity contribution < 1.29 is 9.47 Å². The first-order chi connectivity index (χ1) is 11.4. The van der Waals surface area contributed by atoms with E-state index in [0.29, 0.717) is 6.79 Å². The van der Waals surface area contributed by atoms with Crippen molar-refractivity contribution in [2.24, 2.45) is 0 Å². The van der Waals surface area contributed by atoms with Gasteiger partial charge in [-0.1, -0.05) is 12.1 Å². The maximum Gasteiger partial charge on any atom is 0.231 e. The Morgan fingerprint density at radius 1 is 0.783 bits per heavy atom. The average molecular weight is 304 g/mol. The number of hydrogen-bond donors (Lipinski definition) is 1. The second-order valence-electron chi connectivity index (χ2n) is 5.42. The molecule has 0 aliphatic carbocycles. The first kappa shape index (κ1) is 13.6. The molecule has 4 nitrogen and oxygen atoms in total. The van der Waals surface area contributed by atoms with E-state index >= 15 is 0 Å². The van der Waals surface area contributed by atoms with Crippen LogP contribution in [-0.4, -0.2) is 11.8 Å². The first-order valence-electron chi connectivity index (χ1n) is 7.51. The van der Waals surface area contributed by atoms with Crippen molar-refractivity contribution >= 4 is 11.4 Å². The van der Waals surface area contributed by atoms with Gasteiger partial charge in [0.15, 0.2) is 11.5 Å². The topological polar surface area (TPSA) is 43.4 Å². The summed E-state index contributed by atoms with van der Waals surface area (Å²) in [5.74, 6) is 1.58. The van der Waals surface area contributed by atoms with Gasteiger partial charge in [0.05, 0.1) is 0 Å². The third-order valence-electron chi connectivity index (χ3n) is 3.77. The lowest BCUT2D eigenvalue weighted by molar-refractivity contribution is 0.174. The second-order valence-corrected chi connectivity index (χ2v) is 5.42. The molecule has 0 unspecified atom stereocenters. The van der Waals surface area contributed by atoms with Gasteiger partial charge in [-0.25, -0.2) is 0 Å². The van der Waals surface area contributed by atoms with Crippen molar-refractivity contribution in [3.8, 4) is 11.5 Å². The SMILES string of the molecule is c1cc(Cc2ccc(Nc3ccc4c(c3)OCO4)cc2)ccn1. The fourth-order valence-electron chi connectivity index (χ4n) is 2.58. The van der Waals surface area contributed by atoms with Crippen LogP contribution in [0.3, 0.4) is 0 Å². The number of ether oxygens (including phenoxy) is 2. The zero-order valence-electron chi connectivity index (χ0n) is 12.5. The third-order valence-corrected chi connectivity index (χ3v) is 3.77. The molecule has 1 aliphatic heterocycles. The van der Waals surface area contributed by atoms with Gasteiger partial charge in [0.1, 0.15) is 0 Å². The number of pyridine rings is 1. The number of aromatic nitrogens is 1. The Hall–Kier alpha value is -3.01. The fraction of sp³-hybridized carbons (Fsp3) is 0.105. The Morgan fingerprint density at radius 2 is 1.48 bits per heavy atom. The van der Waals surface area contributed by atoms with Crippen LogP contribution in [-0.2, 0) is 6.42 Å². The van der Waals surface area contributed by atoms with E-state index < -0.39 is 0 Å². The highest BCUT2D eigenvalue weighted by Crippen LogP contribution is 2.35. The van der Waals surface area contributed by atoms with Crippen molar-refractivity contribution in [2.75, 3.05) is 12.1 Å². The van der Waals surface area contributed by atoms with Gasteiger partial charge in [-0.3, -0.25) is 4.98 Å². The van der Waals surface area contributed by atoms with E-state index in [0.717, 1.165) is 29.3 Å². The molecule has 4 rings (SSSR count). The molecule has 1 aromatic heterocycles. The largest absolute Gasteiger partial charge is 0.454 e. The first-order valence-corrected chi connectivity index (χ1v) is 7.51. The number of nitrogens with zero attached hydrogens (tertiary/aromatic N) is 1. The molecule has 0 bridgehead atoms. The number of nitrogens with one attached hydrogen (secondary N) is 1. The van der Waals surface area contributed by atoms with E-state index in [9.17, 15) is 0 Å². The number of hydrogen-bond acceptors (Lipinski definition) is 4. The Balaban J connectivity index is 1.46. The molecule has 2 aromatic carbocycles. The Labute approximate surface area is 134 Å². The maximum atomic E-state index is 5.39. The van der Waals surface area contributed by atoms with Crippen molar-refractivity contribution in [1.82, 2.24) is 4.98 Å². The lowest BCUT2D eigenvalue weighted by atomic mass is 10.1. The van der Waals surface area contributed by atoms with E-state index in [4.69, 9.17) is 9.47 Å². The summed E-state index contributed by atoms with van der Waals surface area (Å²) >= 11 is 0. The molecule has 4 heteroatoms. The van der Waals surface area contributed by atoms with Crippen molar-refractivity contribution in [1.29, 1.82) is 0 Å². The smallest absolute Gasteiger partial charge is 0.231 e. The van der Waals surface area contributed by atoms with Crippen LogP contribution in [0.5, 0.6) is 11.5 Å². The van der Waals surface area contributed by atoms with E-state index in [1.165, 1.54) is 11.1 Å². The molecule has 3 aromatic rings. The summed E-state index contributed by atoms with van der Waals surface area (Å²) < 4.78 is 10.7. The summed E-state index contributed by atoms with van der Waals surface area (Å²) in [7, 11) is 0. The minimum absolute atomic E-state index is 0.294. The van der Waals surface area contributed by atoms with Crippen LogP contribution in [0.1, 0.15) is 11.1 Å². The molecule has 0 spiro atoms. The standard InChI is InChI=1S/C19H16N2O2/c1-3-16(4-2-14(1)11-15-7-9-20-10-8-15)21-17-5-6-18-19(12-17)23-13-22-18/h1-10,12,21H,11,13H2. The molecule has 114 valence electrons. The van der Waals surface area contributed by atoms with Crippen LogP contribution in [0.4, 0.5) is 11.4 Å². The minimum Gasteiger partial charge on any atom is -0.454 e. The highest BCUT2D eigenvalue weighted by Gasteiger charge is 2.13. The van der Waals surface area contributed by atoms with E-state index in [1.807, 2.05) is 42.7 Å². The van der Waals surface area contributed by atoms with Gasteiger partial charge in [-0.2, -0.15) is 0 Å². The number of anilines is 2. The summed E-state index contributed by atoms with van der Waals surface area (Å²) in [6.07, 6.45) is 4.56. The zero-order valence-corrected chi connectivity index (χ0v) is 12.5. The molecule has 0 atom stereocenters. The lowest BCUT2D eigenvalue weighted by Gasteiger charge is -2.08. The van der Waals surface area contributed by atoms with Gasteiger partial charge in [-0.15, -0.1) is 0 Å². The summed E-state index contributed by atoms with van der Waals surface area (Å²) in [6.45, 7) is 0.294. The summed E-state index contributed by atoms with van der Waals surface area (Å²) in [4.78, 5) is 4.04. The molecule has 0 fully saturated rings. The third kappa shape index (κ3) is 3.11. The molecule has 1 aliphatic rings. The van der Waals surface area contributed by atoms with Gasteiger partial charge in [0, 0.05) is 29.8 Å². The van der Waals surface area contributed by atoms with Gasteiger partial charge in [-0.05, 0) is 53.9 Å². The summed E-state index contributed by atoms with van der Waals surface area (Å²) in [5.41, 5.74) is 4.56. The van der Waals surface area contributed by atoms with Crippen LogP contribution < -0.4 is 14.8 Å². The van der Waals surface area contributed by atoms with Crippen molar-refractivity contribution in [3.05, 3.63) is 78.1 Å². The van der Waals surface area contributed by atoms with Gasteiger partial charge < -0.3 is 14.8 Å². The number of rotatable bonds is 4. The highest BCUT2D eigenvalue weighted by molar-refractivity contribution is 5.64. The average Bonchev–Trinajstić information content (AvgIpc) is 3.05. The second kappa shape index (κ2) is 6.01. The maximum absolute atomic E-state index is 5.39. The Kier molecular flexibility index (Phi) is 3.56. The molecule has 0 saturated heterocycles. The van der Waals surface area contributed by atoms with E-state index in [2.05, 4.69) is 34.6 Å². The quantitative estimate of drug-likeness (QED) is 0.786. The zero-order chi connectivity index (χ0) is 15.5. The Bertz CT molecular complexity index is 801.